The molecule has 1 aromatic heterocycles. The molecule has 196 valence electrons. The normalized spacial score (nSPS) is 15.3. The van der Waals surface area contributed by atoms with Crippen LogP contribution in [-0.2, 0) is 16.0 Å². The van der Waals surface area contributed by atoms with E-state index < -0.39 is 11.2 Å². The summed E-state index contributed by atoms with van der Waals surface area (Å²) in [6, 6.07) is 14.2. The van der Waals surface area contributed by atoms with Gasteiger partial charge in [-0.2, -0.15) is 10.5 Å². The second-order valence-electron chi connectivity index (χ2n) is 9.95. The van der Waals surface area contributed by atoms with Crippen LogP contribution < -0.4 is 10.6 Å². The smallest absolute Gasteiger partial charge is 0.235 e. The first-order valence-corrected chi connectivity index (χ1v) is 13.4. The van der Waals surface area contributed by atoms with Crippen LogP contribution >= 0.6 is 11.8 Å². The number of methoxy groups -OCH3 is 1. The minimum Gasteiger partial charge on any atom is -0.377 e. The van der Waals surface area contributed by atoms with Crippen LogP contribution in [0.4, 0.5) is 5.82 Å². The van der Waals surface area contributed by atoms with E-state index in [9.17, 15) is 15.3 Å². The number of primary amides is 1. The van der Waals surface area contributed by atoms with Gasteiger partial charge in [-0.15, -0.1) is 0 Å². The Labute approximate surface area is 224 Å². The summed E-state index contributed by atoms with van der Waals surface area (Å²) < 4.78 is 5.60. The number of benzene rings is 1. The van der Waals surface area contributed by atoms with Crippen molar-refractivity contribution in [3.8, 4) is 12.1 Å². The van der Waals surface area contributed by atoms with Gasteiger partial charge in [0.15, 0.2) is 0 Å². The summed E-state index contributed by atoms with van der Waals surface area (Å²) in [5.41, 5.74) is 7.72. The number of carbonyl (C=O) groups excluding carboxylic acids is 1. The van der Waals surface area contributed by atoms with Gasteiger partial charge in [-0.25, -0.2) is 4.98 Å². The van der Waals surface area contributed by atoms with Crippen molar-refractivity contribution in [1.29, 1.82) is 10.5 Å². The fourth-order valence-corrected chi connectivity index (χ4v) is 5.90. The van der Waals surface area contributed by atoms with Crippen molar-refractivity contribution < 1.29 is 9.53 Å². The van der Waals surface area contributed by atoms with E-state index in [4.69, 9.17) is 15.5 Å². The standard InChI is InChI=1S/C28H36N6O2S/c1-6-21-22(16-29)26(34-14-12-20(13-15-34)33(4)18-28(2,3)36-5)32-27(23(21)17-30)37-24(25(31)35)19-10-8-7-9-11-19/h7-11,20,24H,6,12-15,18H2,1-5H3,(H2,31,35). The minimum atomic E-state index is -0.699. The number of hydrogen-bond donors (Lipinski definition) is 1. The first-order valence-electron chi connectivity index (χ1n) is 12.5. The van der Waals surface area contributed by atoms with E-state index in [2.05, 4.69) is 42.8 Å². The van der Waals surface area contributed by atoms with Crippen molar-refractivity contribution in [3.05, 3.63) is 52.6 Å². The van der Waals surface area contributed by atoms with E-state index in [1.54, 1.807) is 7.11 Å². The number of ether oxygens (including phenoxy) is 1. The molecule has 1 aliphatic rings. The predicted octanol–water partition coefficient (Wildman–Crippen LogP) is 4.03. The Kier molecular flexibility index (Phi) is 9.56. The first kappa shape index (κ1) is 28.5. The van der Waals surface area contributed by atoms with E-state index in [0.29, 0.717) is 40.0 Å². The fraction of sp³-hybridized carbons (Fsp3) is 0.500. The number of likely N-dealkylation sites (N-methyl/N-ethyl adjacent to an activating group) is 1. The molecule has 0 bridgehead atoms. The highest BCUT2D eigenvalue weighted by atomic mass is 32.2. The molecule has 2 aromatic rings. The number of nitrogens with two attached hydrogens (primary N) is 1. The first-order chi connectivity index (χ1) is 17.6. The summed E-state index contributed by atoms with van der Waals surface area (Å²) in [6.45, 7) is 8.39. The molecule has 1 fully saturated rings. The van der Waals surface area contributed by atoms with Crippen LogP contribution in [0.5, 0.6) is 0 Å². The van der Waals surface area contributed by atoms with Crippen molar-refractivity contribution in [2.24, 2.45) is 5.73 Å². The number of aromatic nitrogens is 1. The molecule has 0 aliphatic carbocycles. The van der Waals surface area contributed by atoms with Crippen LogP contribution in [0, 0.1) is 22.7 Å². The van der Waals surface area contributed by atoms with Crippen LogP contribution in [0.2, 0.25) is 0 Å². The van der Waals surface area contributed by atoms with Gasteiger partial charge in [0.25, 0.3) is 0 Å². The molecule has 2 N–H and O–H groups in total. The Morgan fingerprint density at radius 2 is 1.86 bits per heavy atom. The molecule has 1 atom stereocenters. The highest BCUT2D eigenvalue weighted by Gasteiger charge is 2.31. The molecule has 2 heterocycles. The zero-order valence-electron chi connectivity index (χ0n) is 22.3. The molecule has 3 rings (SSSR count). The molecule has 8 nitrogen and oxygen atoms in total. The molecule has 1 aromatic carbocycles. The van der Waals surface area contributed by atoms with Crippen molar-refractivity contribution in [1.82, 2.24) is 9.88 Å². The Balaban J connectivity index is 1.94. The van der Waals surface area contributed by atoms with Crippen molar-refractivity contribution >= 4 is 23.5 Å². The maximum Gasteiger partial charge on any atom is 0.235 e. The number of piperidine rings is 1. The third-order valence-electron chi connectivity index (χ3n) is 6.99. The second-order valence-corrected chi connectivity index (χ2v) is 11.0. The number of amides is 1. The molecule has 37 heavy (non-hydrogen) atoms. The Morgan fingerprint density at radius 3 is 2.38 bits per heavy atom. The monoisotopic (exact) mass is 520 g/mol. The van der Waals surface area contributed by atoms with Crippen LogP contribution in [0.25, 0.3) is 0 Å². The van der Waals surface area contributed by atoms with Crippen LogP contribution in [0.1, 0.15) is 61.1 Å². The van der Waals surface area contributed by atoms with Gasteiger partial charge in [0.05, 0.1) is 16.7 Å². The molecule has 0 spiro atoms. The van der Waals surface area contributed by atoms with Crippen molar-refractivity contribution in [2.75, 3.05) is 38.7 Å². The average Bonchev–Trinajstić information content (AvgIpc) is 2.90. The van der Waals surface area contributed by atoms with E-state index in [0.717, 1.165) is 38.0 Å². The number of rotatable bonds is 10. The summed E-state index contributed by atoms with van der Waals surface area (Å²) in [4.78, 5) is 21.7. The van der Waals surface area contributed by atoms with Crippen LogP contribution in [-0.4, -0.2) is 61.2 Å². The summed E-state index contributed by atoms with van der Waals surface area (Å²) >= 11 is 1.18. The fourth-order valence-electron chi connectivity index (χ4n) is 4.84. The average molecular weight is 521 g/mol. The largest absolute Gasteiger partial charge is 0.377 e. The second kappa shape index (κ2) is 12.4. The number of nitriles is 2. The quantitative estimate of drug-likeness (QED) is 0.466. The van der Waals surface area contributed by atoms with Crippen LogP contribution in [0.15, 0.2) is 35.4 Å². The van der Waals surface area contributed by atoms with Gasteiger partial charge in [-0.1, -0.05) is 49.0 Å². The SMILES string of the molecule is CCc1c(C#N)c(SC(C(N)=O)c2ccccc2)nc(N2CCC(N(C)CC(C)(C)OC)CC2)c1C#N. The van der Waals surface area contributed by atoms with Gasteiger partial charge < -0.3 is 20.3 Å². The summed E-state index contributed by atoms with van der Waals surface area (Å²) in [5.74, 6) is 0.0733. The predicted molar refractivity (Wildman–Crippen MR) is 146 cm³/mol. The number of nitrogens with zero attached hydrogens (tertiary/aromatic N) is 5. The zero-order valence-corrected chi connectivity index (χ0v) is 23.1. The third-order valence-corrected chi connectivity index (χ3v) is 8.24. The lowest BCUT2D eigenvalue weighted by atomic mass is 9.98. The number of hydrogen-bond acceptors (Lipinski definition) is 8. The molecule has 1 unspecified atom stereocenters. The van der Waals surface area contributed by atoms with Gasteiger partial charge in [-0.05, 0) is 51.3 Å². The lowest BCUT2D eigenvalue weighted by Crippen LogP contribution is -2.48. The van der Waals surface area contributed by atoms with Crippen LogP contribution in [0.3, 0.4) is 0 Å². The molecule has 1 aliphatic heterocycles. The molecule has 1 amide bonds. The highest BCUT2D eigenvalue weighted by Crippen LogP contribution is 2.40. The van der Waals surface area contributed by atoms with E-state index >= 15 is 0 Å². The van der Waals surface area contributed by atoms with Gasteiger partial charge in [0.1, 0.15) is 28.2 Å². The minimum absolute atomic E-state index is 0.230. The van der Waals surface area contributed by atoms with Gasteiger partial charge in [-0.3, -0.25) is 4.79 Å². The molecular formula is C28H36N6O2S. The Hall–Kier alpha value is -3.11. The number of thioether (sulfide) groups is 1. The van der Waals surface area contributed by atoms with Crippen molar-refractivity contribution in [2.45, 2.75) is 62.0 Å². The Bertz CT molecular complexity index is 1180. The molecular weight excluding hydrogens is 484 g/mol. The van der Waals surface area contributed by atoms with Gasteiger partial charge >= 0.3 is 0 Å². The molecule has 0 radical (unpaired) electrons. The van der Waals surface area contributed by atoms with Crippen molar-refractivity contribution in [3.63, 3.8) is 0 Å². The topological polar surface area (TPSA) is 119 Å². The maximum absolute atomic E-state index is 12.4. The number of pyridine rings is 1. The van der Waals surface area contributed by atoms with Gasteiger partial charge in [0.2, 0.25) is 5.91 Å². The van der Waals surface area contributed by atoms with Gasteiger partial charge in [0, 0.05) is 32.8 Å². The Morgan fingerprint density at radius 1 is 1.24 bits per heavy atom. The number of anilines is 1. The van der Waals surface area contributed by atoms with E-state index in [1.807, 2.05) is 37.3 Å². The third kappa shape index (κ3) is 6.61. The summed E-state index contributed by atoms with van der Waals surface area (Å²) in [7, 11) is 3.86. The summed E-state index contributed by atoms with van der Waals surface area (Å²) in [5, 5.41) is 19.8. The lowest BCUT2D eigenvalue weighted by Gasteiger charge is -2.40. The molecule has 0 saturated carbocycles. The molecule has 9 heteroatoms. The maximum atomic E-state index is 12.4. The highest BCUT2D eigenvalue weighted by molar-refractivity contribution is 8.00. The number of carbonyl (C=O) groups is 1. The van der Waals surface area contributed by atoms with E-state index in [-0.39, 0.29) is 5.60 Å². The lowest BCUT2D eigenvalue weighted by molar-refractivity contribution is -0.117. The summed E-state index contributed by atoms with van der Waals surface area (Å²) in [6.07, 6.45) is 2.34. The van der Waals surface area contributed by atoms with E-state index in [1.165, 1.54) is 11.8 Å². The molecule has 1 saturated heterocycles. The zero-order chi connectivity index (χ0) is 27.2.